The molecule has 21 heavy (non-hydrogen) atoms. The molecule has 112 valence electrons. The average Bonchev–Trinajstić information content (AvgIpc) is 2.99. The molecule has 0 bridgehead atoms. The van der Waals surface area contributed by atoms with Crippen molar-refractivity contribution in [2.24, 2.45) is 0 Å². The zero-order valence-corrected chi connectivity index (χ0v) is 13.6. The SMILES string of the molecule is CC(=O)c1cccc(NC(=O)CSC(=S)N2CCCC2)c1. The molecule has 6 heteroatoms. The van der Waals surface area contributed by atoms with Crippen LogP contribution in [0.3, 0.4) is 0 Å². The summed E-state index contributed by atoms with van der Waals surface area (Å²) >= 11 is 6.71. The van der Waals surface area contributed by atoms with E-state index in [0.717, 1.165) is 17.4 Å². The van der Waals surface area contributed by atoms with Crippen LogP contribution in [-0.2, 0) is 4.79 Å². The van der Waals surface area contributed by atoms with Gasteiger partial charge in [-0.05, 0) is 31.9 Å². The van der Waals surface area contributed by atoms with E-state index in [9.17, 15) is 9.59 Å². The van der Waals surface area contributed by atoms with Crippen LogP contribution >= 0.6 is 24.0 Å². The Balaban J connectivity index is 1.82. The van der Waals surface area contributed by atoms with E-state index in [-0.39, 0.29) is 11.7 Å². The van der Waals surface area contributed by atoms with Crippen molar-refractivity contribution in [1.82, 2.24) is 4.90 Å². The lowest BCUT2D eigenvalue weighted by atomic mass is 10.1. The second-order valence-electron chi connectivity index (χ2n) is 4.93. The molecule has 1 N–H and O–H groups in total. The number of carbonyl (C=O) groups is 2. The zero-order valence-electron chi connectivity index (χ0n) is 11.9. The number of amides is 1. The minimum atomic E-state index is -0.109. The van der Waals surface area contributed by atoms with Gasteiger partial charge in [-0.3, -0.25) is 9.59 Å². The summed E-state index contributed by atoms with van der Waals surface area (Å²) in [4.78, 5) is 25.4. The van der Waals surface area contributed by atoms with Gasteiger partial charge in [-0.25, -0.2) is 0 Å². The van der Waals surface area contributed by atoms with Crippen LogP contribution < -0.4 is 5.32 Å². The quantitative estimate of drug-likeness (QED) is 0.682. The van der Waals surface area contributed by atoms with Gasteiger partial charge in [0.15, 0.2) is 5.78 Å². The number of thioether (sulfide) groups is 1. The van der Waals surface area contributed by atoms with E-state index in [1.807, 2.05) is 0 Å². The lowest BCUT2D eigenvalue weighted by Crippen LogP contribution is -2.25. The molecule has 0 saturated carbocycles. The van der Waals surface area contributed by atoms with Gasteiger partial charge in [-0.1, -0.05) is 36.1 Å². The van der Waals surface area contributed by atoms with Crippen LogP contribution in [0.5, 0.6) is 0 Å². The predicted octanol–water partition coefficient (Wildman–Crippen LogP) is 2.94. The first-order chi connectivity index (χ1) is 10.1. The summed E-state index contributed by atoms with van der Waals surface area (Å²) in [7, 11) is 0. The van der Waals surface area contributed by atoms with E-state index < -0.39 is 0 Å². The lowest BCUT2D eigenvalue weighted by molar-refractivity contribution is -0.113. The molecule has 1 aromatic rings. The first-order valence-corrected chi connectivity index (χ1v) is 8.28. The van der Waals surface area contributed by atoms with Gasteiger partial charge in [0.25, 0.3) is 0 Å². The van der Waals surface area contributed by atoms with Crippen molar-refractivity contribution in [2.45, 2.75) is 19.8 Å². The van der Waals surface area contributed by atoms with Gasteiger partial charge >= 0.3 is 0 Å². The van der Waals surface area contributed by atoms with Gasteiger partial charge < -0.3 is 10.2 Å². The van der Waals surface area contributed by atoms with Crippen LogP contribution in [0.2, 0.25) is 0 Å². The molecule has 0 unspecified atom stereocenters. The van der Waals surface area contributed by atoms with Crippen molar-refractivity contribution >= 4 is 45.7 Å². The van der Waals surface area contributed by atoms with E-state index in [2.05, 4.69) is 10.2 Å². The van der Waals surface area contributed by atoms with Gasteiger partial charge in [0.1, 0.15) is 4.32 Å². The summed E-state index contributed by atoms with van der Waals surface area (Å²) in [5.41, 5.74) is 1.23. The molecule has 1 heterocycles. The maximum absolute atomic E-state index is 11.9. The number of nitrogens with one attached hydrogen (secondary N) is 1. The molecule has 0 aliphatic carbocycles. The van der Waals surface area contributed by atoms with Gasteiger partial charge in [-0.2, -0.15) is 0 Å². The number of likely N-dealkylation sites (tertiary alicyclic amines) is 1. The average molecular weight is 322 g/mol. The van der Waals surface area contributed by atoms with Gasteiger partial charge in [-0.15, -0.1) is 0 Å². The second kappa shape index (κ2) is 7.56. The molecule has 1 saturated heterocycles. The van der Waals surface area contributed by atoms with Crippen molar-refractivity contribution in [3.05, 3.63) is 29.8 Å². The highest BCUT2D eigenvalue weighted by atomic mass is 32.2. The first-order valence-electron chi connectivity index (χ1n) is 6.89. The van der Waals surface area contributed by atoms with Crippen LogP contribution in [0.1, 0.15) is 30.1 Å². The van der Waals surface area contributed by atoms with Crippen molar-refractivity contribution in [1.29, 1.82) is 0 Å². The third-order valence-corrected chi connectivity index (χ3v) is 4.77. The van der Waals surface area contributed by atoms with Crippen molar-refractivity contribution in [2.75, 3.05) is 24.2 Å². The van der Waals surface area contributed by atoms with Gasteiger partial charge in [0.05, 0.1) is 5.75 Å². The Morgan fingerprint density at radius 1 is 1.33 bits per heavy atom. The third-order valence-electron chi connectivity index (χ3n) is 3.24. The highest BCUT2D eigenvalue weighted by Crippen LogP contribution is 2.17. The number of hydrogen-bond donors (Lipinski definition) is 1. The Bertz CT molecular complexity index is 554. The van der Waals surface area contributed by atoms with Crippen molar-refractivity contribution < 1.29 is 9.59 Å². The van der Waals surface area contributed by atoms with E-state index >= 15 is 0 Å². The number of hydrogen-bond acceptors (Lipinski definition) is 4. The Hall–Kier alpha value is -1.40. The molecule has 2 rings (SSSR count). The zero-order chi connectivity index (χ0) is 15.2. The molecule has 1 amide bonds. The highest BCUT2D eigenvalue weighted by Gasteiger charge is 2.16. The van der Waals surface area contributed by atoms with Crippen LogP contribution in [-0.4, -0.2) is 39.8 Å². The van der Waals surface area contributed by atoms with Crippen LogP contribution in [0.15, 0.2) is 24.3 Å². The van der Waals surface area contributed by atoms with E-state index in [0.29, 0.717) is 17.0 Å². The largest absolute Gasteiger partial charge is 0.358 e. The molecule has 0 aromatic heterocycles. The summed E-state index contributed by atoms with van der Waals surface area (Å²) in [6.07, 6.45) is 2.34. The van der Waals surface area contributed by atoms with E-state index in [1.165, 1.54) is 31.5 Å². The molecule has 0 radical (unpaired) electrons. The molecular weight excluding hydrogens is 304 g/mol. The number of anilines is 1. The van der Waals surface area contributed by atoms with Crippen LogP contribution in [0, 0.1) is 0 Å². The molecular formula is C15H18N2O2S2. The van der Waals surface area contributed by atoms with Gasteiger partial charge in [0, 0.05) is 24.3 Å². The second-order valence-corrected chi connectivity index (χ2v) is 6.54. The van der Waals surface area contributed by atoms with Crippen molar-refractivity contribution in [3.63, 3.8) is 0 Å². The Morgan fingerprint density at radius 3 is 2.71 bits per heavy atom. The van der Waals surface area contributed by atoms with E-state index in [1.54, 1.807) is 24.3 Å². The number of ketones is 1. The molecule has 4 nitrogen and oxygen atoms in total. The van der Waals surface area contributed by atoms with Gasteiger partial charge in [0.2, 0.25) is 5.91 Å². The smallest absolute Gasteiger partial charge is 0.234 e. The molecule has 1 aliphatic rings. The Kier molecular flexibility index (Phi) is 5.76. The van der Waals surface area contributed by atoms with Crippen LogP contribution in [0.4, 0.5) is 5.69 Å². The number of nitrogens with zero attached hydrogens (tertiary/aromatic N) is 1. The fourth-order valence-electron chi connectivity index (χ4n) is 2.13. The molecule has 0 atom stereocenters. The maximum Gasteiger partial charge on any atom is 0.234 e. The monoisotopic (exact) mass is 322 g/mol. The summed E-state index contributed by atoms with van der Waals surface area (Å²) in [6, 6.07) is 6.95. The minimum absolute atomic E-state index is 0.0179. The Labute approximate surface area is 134 Å². The topological polar surface area (TPSA) is 49.4 Å². The number of benzene rings is 1. The normalized spacial score (nSPS) is 14.0. The van der Waals surface area contributed by atoms with Crippen molar-refractivity contribution in [3.8, 4) is 0 Å². The molecule has 0 spiro atoms. The number of carbonyl (C=O) groups excluding carboxylic acids is 2. The van der Waals surface area contributed by atoms with Crippen LogP contribution in [0.25, 0.3) is 0 Å². The summed E-state index contributed by atoms with van der Waals surface area (Å²) in [6.45, 7) is 3.49. The summed E-state index contributed by atoms with van der Waals surface area (Å²) in [5.74, 6) is 0.164. The molecule has 1 aliphatic heterocycles. The Morgan fingerprint density at radius 2 is 2.05 bits per heavy atom. The standard InChI is InChI=1S/C15H18N2O2S2/c1-11(18)12-5-4-6-13(9-12)16-14(19)10-21-15(20)17-7-2-3-8-17/h4-6,9H,2-3,7-8,10H2,1H3,(H,16,19). The fourth-order valence-corrected chi connectivity index (χ4v) is 3.18. The number of Topliss-reactive ketones (excluding diaryl/α,β-unsaturated/α-hetero) is 1. The minimum Gasteiger partial charge on any atom is -0.358 e. The lowest BCUT2D eigenvalue weighted by Gasteiger charge is -2.17. The molecule has 1 fully saturated rings. The summed E-state index contributed by atoms with van der Waals surface area (Å²) in [5, 5.41) is 2.79. The number of rotatable bonds is 4. The maximum atomic E-state index is 11.9. The fraction of sp³-hybridized carbons (Fsp3) is 0.400. The van der Waals surface area contributed by atoms with E-state index in [4.69, 9.17) is 12.2 Å². The summed E-state index contributed by atoms with van der Waals surface area (Å²) < 4.78 is 0.792. The predicted molar refractivity (Wildman–Crippen MR) is 90.9 cm³/mol. The third kappa shape index (κ3) is 4.82. The number of thiocarbonyl (C=S) groups is 1. The first kappa shape index (κ1) is 16.0. The highest BCUT2D eigenvalue weighted by molar-refractivity contribution is 8.23. The molecule has 1 aromatic carbocycles.